The molecule has 16 heavy (non-hydrogen) atoms. The van der Waals surface area contributed by atoms with Gasteiger partial charge in [0.25, 0.3) is 0 Å². The van der Waals surface area contributed by atoms with Gasteiger partial charge < -0.3 is 4.74 Å². The minimum Gasteiger partial charge on any atom is -0.494 e. The third kappa shape index (κ3) is 2.21. The molecule has 0 aliphatic rings. The Morgan fingerprint density at radius 1 is 1.38 bits per heavy atom. The van der Waals surface area contributed by atoms with Crippen molar-refractivity contribution in [3.05, 3.63) is 54.0 Å². The fraction of sp³-hybridized carbons (Fsp3) is 0.167. The first-order valence-corrected chi connectivity index (χ1v) is 4.86. The van der Waals surface area contributed by atoms with E-state index >= 15 is 0 Å². The van der Waals surface area contributed by atoms with Crippen molar-refractivity contribution in [2.24, 2.45) is 7.05 Å². The molecule has 2 aromatic rings. The minimum absolute atomic E-state index is 0.253. The maximum Gasteiger partial charge on any atom is 0.165 e. The van der Waals surface area contributed by atoms with Gasteiger partial charge in [0.2, 0.25) is 0 Å². The number of hydrogen-bond acceptors (Lipinski definition) is 2. The van der Waals surface area contributed by atoms with Gasteiger partial charge in [-0.1, -0.05) is 6.07 Å². The lowest BCUT2D eigenvalue weighted by molar-refractivity contribution is 0.386. The van der Waals surface area contributed by atoms with E-state index < -0.39 is 0 Å². The lowest BCUT2D eigenvalue weighted by Crippen LogP contribution is -1.90. The van der Waals surface area contributed by atoms with E-state index in [0.29, 0.717) is 0 Å². The monoisotopic (exact) mass is 219 g/mol. The lowest BCUT2D eigenvalue weighted by atomic mass is 10.1. The molecule has 0 N–H and O–H groups in total. The molecule has 0 aliphatic carbocycles. The Bertz CT molecular complexity index is 494. The van der Waals surface area contributed by atoms with Gasteiger partial charge in [-0.25, -0.2) is 4.39 Å². The van der Waals surface area contributed by atoms with Crippen molar-refractivity contribution in [3.8, 4) is 5.75 Å². The van der Waals surface area contributed by atoms with Gasteiger partial charge in [-0.2, -0.15) is 5.10 Å². The van der Waals surface area contributed by atoms with E-state index in [1.165, 1.54) is 13.2 Å². The molecule has 0 bridgehead atoms. The molecule has 0 aliphatic heterocycles. The van der Waals surface area contributed by atoms with Crippen LogP contribution in [0.1, 0.15) is 11.1 Å². The molecular weight excluding hydrogens is 207 g/mol. The van der Waals surface area contributed by atoms with Crippen LogP contribution in [-0.2, 0) is 7.05 Å². The Labute approximate surface area is 93.5 Å². The molecule has 0 saturated heterocycles. The Balaban J connectivity index is 2.19. The summed E-state index contributed by atoms with van der Waals surface area (Å²) in [5.74, 6) is -0.108. The average molecular weight is 219 g/mol. The van der Waals surface area contributed by atoms with Crippen molar-refractivity contribution in [2.45, 2.75) is 0 Å². The highest BCUT2D eigenvalue weighted by atomic mass is 19.1. The van der Waals surface area contributed by atoms with Crippen molar-refractivity contribution in [1.29, 1.82) is 0 Å². The quantitative estimate of drug-likeness (QED) is 0.791. The molecule has 0 unspecified atom stereocenters. The molecule has 4 heteroatoms. The van der Waals surface area contributed by atoms with E-state index in [2.05, 4.69) is 5.10 Å². The predicted molar refractivity (Wildman–Crippen MR) is 58.7 cm³/mol. The zero-order valence-electron chi connectivity index (χ0n) is 9.14. The molecule has 0 amide bonds. The molecule has 0 spiro atoms. The summed E-state index contributed by atoms with van der Waals surface area (Å²) in [5, 5.41) is 4.04. The molecule has 1 radical (unpaired) electrons. The maximum absolute atomic E-state index is 13.4. The van der Waals surface area contributed by atoms with Crippen LogP contribution in [0.2, 0.25) is 0 Å². The molecule has 3 nitrogen and oxygen atoms in total. The van der Waals surface area contributed by atoms with Gasteiger partial charge in [0.15, 0.2) is 11.6 Å². The summed E-state index contributed by atoms with van der Waals surface area (Å²) in [6, 6.07) is 4.85. The summed E-state index contributed by atoms with van der Waals surface area (Å²) < 4.78 is 19.9. The first kappa shape index (κ1) is 10.7. The third-order valence-corrected chi connectivity index (χ3v) is 2.23. The van der Waals surface area contributed by atoms with E-state index in [1.54, 1.807) is 23.0 Å². The van der Waals surface area contributed by atoms with Gasteiger partial charge in [0, 0.05) is 19.7 Å². The number of methoxy groups -OCH3 is 1. The van der Waals surface area contributed by atoms with Crippen LogP contribution >= 0.6 is 0 Å². The fourth-order valence-electron chi connectivity index (χ4n) is 1.48. The summed E-state index contributed by atoms with van der Waals surface area (Å²) in [4.78, 5) is 0. The van der Waals surface area contributed by atoms with Crippen LogP contribution in [0.25, 0.3) is 0 Å². The molecule has 1 heterocycles. The number of rotatable bonds is 3. The van der Waals surface area contributed by atoms with Crippen LogP contribution < -0.4 is 4.74 Å². The first-order valence-electron chi connectivity index (χ1n) is 4.86. The normalized spacial score (nSPS) is 10.4. The SMILES string of the molecule is COc1ccc([CH]c2cnn(C)c2)cc1F. The lowest BCUT2D eigenvalue weighted by Gasteiger charge is -2.03. The van der Waals surface area contributed by atoms with Crippen molar-refractivity contribution >= 4 is 0 Å². The fourth-order valence-corrected chi connectivity index (χ4v) is 1.48. The van der Waals surface area contributed by atoms with E-state index in [0.717, 1.165) is 11.1 Å². The number of benzene rings is 1. The van der Waals surface area contributed by atoms with Gasteiger partial charge in [0.05, 0.1) is 13.3 Å². The molecule has 2 rings (SSSR count). The van der Waals surface area contributed by atoms with E-state index in [1.807, 2.05) is 19.7 Å². The second-order valence-electron chi connectivity index (χ2n) is 3.49. The van der Waals surface area contributed by atoms with Gasteiger partial charge in [-0.15, -0.1) is 0 Å². The van der Waals surface area contributed by atoms with E-state index in [9.17, 15) is 4.39 Å². The van der Waals surface area contributed by atoms with Crippen molar-refractivity contribution in [3.63, 3.8) is 0 Å². The van der Waals surface area contributed by atoms with Crippen LogP contribution in [0, 0.1) is 12.2 Å². The number of aromatic nitrogens is 2. The molecular formula is C12H12FN2O. The van der Waals surface area contributed by atoms with Gasteiger partial charge in [-0.3, -0.25) is 4.68 Å². The van der Waals surface area contributed by atoms with Crippen LogP contribution in [-0.4, -0.2) is 16.9 Å². The third-order valence-electron chi connectivity index (χ3n) is 2.23. The minimum atomic E-state index is -0.361. The Kier molecular flexibility index (Phi) is 2.90. The Hall–Kier alpha value is -1.84. The number of ether oxygens (including phenoxy) is 1. The van der Waals surface area contributed by atoms with E-state index in [4.69, 9.17) is 4.74 Å². The summed E-state index contributed by atoms with van der Waals surface area (Å²) >= 11 is 0. The average Bonchev–Trinajstić information content (AvgIpc) is 2.64. The van der Waals surface area contributed by atoms with E-state index in [-0.39, 0.29) is 11.6 Å². The zero-order valence-corrected chi connectivity index (χ0v) is 9.14. The molecule has 1 aromatic heterocycles. The summed E-state index contributed by atoms with van der Waals surface area (Å²) in [5.41, 5.74) is 1.72. The van der Waals surface area contributed by atoms with Gasteiger partial charge in [0.1, 0.15) is 0 Å². The number of nitrogens with zero attached hydrogens (tertiary/aromatic N) is 2. The zero-order chi connectivity index (χ0) is 11.5. The smallest absolute Gasteiger partial charge is 0.165 e. The maximum atomic E-state index is 13.4. The highest BCUT2D eigenvalue weighted by Gasteiger charge is 2.05. The largest absolute Gasteiger partial charge is 0.494 e. The first-order chi connectivity index (χ1) is 7.69. The summed E-state index contributed by atoms with van der Waals surface area (Å²) in [6.07, 6.45) is 5.44. The number of halogens is 1. The van der Waals surface area contributed by atoms with Crippen LogP contribution in [0.5, 0.6) is 5.75 Å². The molecule has 0 saturated carbocycles. The second kappa shape index (κ2) is 4.35. The standard InChI is InChI=1S/C12H12FN2O/c1-15-8-10(7-14-15)5-9-3-4-12(16-2)11(13)6-9/h3-8H,1-2H3. The van der Waals surface area contributed by atoms with Gasteiger partial charge in [-0.05, 0) is 23.3 Å². The van der Waals surface area contributed by atoms with Crippen LogP contribution in [0.3, 0.4) is 0 Å². The van der Waals surface area contributed by atoms with Crippen LogP contribution in [0.4, 0.5) is 4.39 Å². The highest BCUT2D eigenvalue weighted by Crippen LogP contribution is 2.20. The molecule has 0 atom stereocenters. The Morgan fingerprint density at radius 3 is 2.75 bits per heavy atom. The number of hydrogen-bond donors (Lipinski definition) is 0. The van der Waals surface area contributed by atoms with Crippen molar-refractivity contribution < 1.29 is 9.13 Å². The van der Waals surface area contributed by atoms with Crippen LogP contribution in [0.15, 0.2) is 30.6 Å². The topological polar surface area (TPSA) is 27.1 Å². The second-order valence-corrected chi connectivity index (χ2v) is 3.49. The molecule has 83 valence electrons. The molecule has 0 fully saturated rings. The van der Waals surface area contributed by atoms with Gasteiger partial charge >= 0.3 is 0 Å². The highest BCUT2D eigenvalue weighted by molar-refractivity contribution is 5.38. The number of aryl methyl sites for hydroxylation is 1. The summed E-state index contributed by atoms with van der Waals surface area (Å²) in [6.45, 7) is 0. The molecule has 1 aromatic carbocycles. The summed E-state index contributed by atoms with van der Waals surface area (Å²) in [7, 11) is 3.29. The van der Waals surface area contributed by atoms with Crippen molar-refractivity contribution in [2.75, 3.05) is 7.11 Å². The van der Waals surface area contributed by atoms with Crippen molar-refractivity contribution in [1.82, 2.24) is 9.78 Å². The Morgan fingerprint density at radius 2 is 2.19 bits per heavy atom. The predicted octanol–water partition coefficient (Wildman–Crippen LogP) is 2.17.